The van der Waals surface area contributed by atoms with E-state index < -0.39 is 5.60 Å². The molecule has 1 atom stereocenters. The molecule has 0 aliphatic carbocycles. The van der Waals surface area contributed by atoms with Crippen LogP contribution in [-0.4, -0.2) is 38.5 Å². The molecule has 0 saturated carbocycles. The Bertz CT molecular complexity index is 846. The van der Waals surface area contributed by atoms with E-state index in [1.54, 1.807) is 6.20 Å². The molecule has 1 aromatic heterocycles. The third-order valence-electron chi connectivity index (χ3n) is 5.10. The molecule has 5 heteroatoms. The number of aryl methyl sites for hydroxylation is 1. The van der Waals surface area contributed by atoms with E-state index in [-0.39, 0.29) is 0 Å². The van der Waals surface area contributed by atoms with Gasteiger partial charge in [0.05, 0.1) is 6.20 Å². The number of aromatic amines is 1. The van der Waals surface area contributed by atoms with Crippen LogP contribution < -0.4 is 0 Å². The molecule has 1 fully saturated rings. The van der Waals surface area contributed by atoms with E-state index in [1.807, 2.05) is 0 Å². The minimum atomic E-state index is -0.913. The van der Waals surface area contributed by atoms with Gasteiger partial charge < -0.3 is 5.11 Å². The number of β-amino-alcohol motifs (C(OH)–C–C–N with tert-alkyl or cyclic N) is 1. The molecule has 4 rings (SSSR count). The third kappa shape index (κ3) is 2.70. The van der Waals surface area contributed by atoms with Gasteiger partial charge in [-0.25, -0.2) is 0 Å². The van der Waals surface area contributed by atoms with Gasteiger partial charge in [0.25, 0.3) is 0 Å². The van der Waals surface area contributed by atoms with E-state index in [0.717, 1.165) is 25.9 Å². The Balaban J connectivity index is 1.63. The molecule has 124 valence electrons. The van der Waals surface area contributed by atoms with E-state index in [1.165, 1.54) is 21.9 Å². The fourth-order valence-corrected chi connectivity index (χ4v) is 3.77. The van der Waals surface area contributed by atoms with Crippen molar-refractivity contribution in [2.24, 2.45) is 0 Å². The van der Waals surface area contributed by atoms with Crippen LogP contribution in [0, 0.1) is 6.92 Å². The van der Waals surface area contributed by atoms with Crippen molar-refractivity contribution in [1.82, 2.24) is 20.3 Å². The second-order valence-corrected chi connectivity index (χ2v) is 6.78. The van der Waals surface area contributed by atoms with Gasteiger partial charge in [0.1, 0.15) is 11.3 Å². The summed E-state index contributed by atoms with van der Waals surface area (Å²) in [5.74, 6) is 0. The first-order valence-corrected chi connectivity index (χ1v) is 8.44. The second-order valence-electron chi connectivity index (χ2n) is 6.78. The van der Waals surface area contributed by atoms with Crippen molar-refractivity contribution in [1.29, 1.82) is 0 Å². The summed E-state index contributed by atoms with van der Waals surface area (Å²) in [4.78, 5) is 2.33. The number of likely N-dealkylation sites (tertiary alicyclic amines) is 1. The number of aromatic nitrogens is 3. The normalized spacial score (nSPS) is 22.1. The summed E-state index contributed by atoms with van der Waals surface area (Å²) in [5.41, 5.74) is 2.37. The van der Waals surface area contributed by atoms with Crippen molar-refractivity contribution in [3.63, 3.8) is 0 Å². The number of H-pyrrole nitrogens is 1. The van der Waals surface area contributed by atoms with Crippen molar-refractivity contribution in [3.8, 4) is 0 Å². The minimum absolute atomic E-state index is 0.586. The standard InChI is InChI=1S/C19H22N4O/c1-14-7-8-15-5-2-3-6-16(15)17(14)12-23-10-4-9-19(24,13-23)18-11-20-22-21-18/h2-3,5-8,11,24H,4,9-10,12-13H2,1H3,(H,20,21,22). The van der Waals surface area contributed by atoms with Crippen molar-refractivity contribution >= 4 is 10.8 Å². The first kappa shape index (κ1) is 15.3. The maximum Gasteiger partial charge on any atom is 0.123 e. The van der Waals surface area contributed by atoms with E-state index in [2.05, 4.69) is 63.6 Å². The lowest BCUT2D eigenvalue weighted by Crippen LogP contribution is -2.46. The van der Waals surface area contributed by atoms with Crippen molar-refractivity contribution in [3.05, 3.63) is 59.4 Å². The SMILES string of the molecule is Cc1ccc2ccccc2c1CN1CCCC(O)(c2cn[nH]n2)C1. The number of nitrogens with one attached hydrogen (secondary N) is 1. The average molecular weight is 322 g/mol. The van der Waals surface area contributed by atoms with Crippen LogP contribution in [0.1, 0.15) is 29.7 Å². The largest absolute Gasteiger partial charge is 0.382 e. The Kier molecular flexibility index (Phi) is 3.82. The summed E-state index contributed by atoms with van der Waals surface area (Å²) >= 11 is 0. The zero-order valence-electron chi connectivity index (χ0n) is 13.9. The molecule has 1 aliphatic heterocycles. The van der Waals surface area contributed by atoms with Crippen LogP contribution in [-0.2, 0) is 12.1 Å². The number of nitrogens with zero attached hydrogens (tertiary/aromatic N) is 3. The van der Waals surface area contributed by atoms with Gasteiger partial charge >= 0.3 is 0 Å². The Hall–Kier alpha value is -2.24. The quantitative estimate of drug-likeness (QED) is 0.778. The summed E-state index contributed by atoms with van der Waals surface area (Å²) in [7, 11) is 0. The number of benzene rings is 2. The Morgan fingerprint density at radius 2 is 2.12 bits per heavy atom. The molecule has 2 aromatic carbocycles. The van der Waals surface area contributed by atoms with Crippen molar-refractivity contribution in [2.45, 2.75) is 31.9 Å². The highest BCUT2D eigenvalue weighted by atomic mass is 16.3. The van der Waals surface area contributed by atoms with Crippen LogP contribution in [0.25, 0.3) is 10.8 Å². The van der Waals surface area contributed by atoms with Crippen LogP contribution >= 0.6 is 0 Å². The minimum Gasteiger partial charge on any atom is -0.382 e. The number of rotatable bonds is 3. The molecule has 0 bridgehead atoms. The van der Waals surface area contributed by atoms with Crippen LogP contribution in [0.3, 0.4) is 0 Å². The molecular weight excluding hydrogens is 300 g/mol. The topological polar surface area (TPSA) is 65.0 Å². The van der Waals surface area contributed by atoms with Gasteiger partial charge in [-0.1, -0.05) is 36.4 Å². The predicted molar refractivity (Wildman–Crippen MR) is 93.5 cm³/mol. The molecule has 0 amide bonds. The molecule has 1 aliphatic rings. The van der Waals surface area contributed by atoms with Crippen LogP contribution in [0.4, 0.5) is 0 Å². The van der Waals surface area contributed by atoms with Gasteiger partial charge in [-0.15, -0.1) is 0 Å². The number of fused-ring (bicyclic) bond motifs is 1. The van der Waals surface area contributed by atoms with E-state index in [4.69, 9.17) is 0 Å². The van der Waals surface area contributed by atoms with E-state index in [9.17, 15) is 5.11 Å². The van der Waals surface area contributed by atoms with Gasteiger partial charge in [0, 0.05) is 13.1 Å². The Morgan fingerprint density at radius 3 is 2.96 bits per heavy atom. The summed E-state index contributed by atoms with van der Waals surface area (Å²) in [5, 5.41) is 24.1. The molecule has 2 N–H and O–H groups in total. The lowest BCUT2D eigenvalue weighted by molar-refractivity contribution is -0.0413. The van der Waals surface area contributed by atoms with Crippen LogP contribution in [0.2, 0.25) is 0 Å². The fourth-order valence-electron chi connectivity index (χ4n) is 3.77. The lowest BCUT2D eigenvalue weighted by atomic mass is 9.89. The Morgan fingerprint density at radius 1 is 1.25 bits per heavy atom. The van der Waals surface area contributed by atoms with Gasteiger partial charge in [-0.05, 0) is 48.2 Å². The number of hydrogen-bond donors (Lipinski definition) is 2. The highest BCUT2D eigenvalue weighted by Gasteiger charge is 2.37. The molecular formula is C19H22N4O. The maximum absolute atomic E-state index is 11.0. The monoisotopic (exact) mass is 322 g/mol. The number of aliphatic hydroxyl groups is 1. The average Bonchev–Trinajstić information content (AvgIpc) is 3.13. The summed E-state index contributed by atoms with van der Waals surface area (Å²) in [6, 6.07) is 12.9. The molecule has 1 unspecified atom stereocenters. The second kappa shape index (κ2) is 6.00. The maximum atomic E-state index is 11.0. The van der Waals surface area contributed by atoms with E-state index in [0.29, 0.717) is 12.2 Å². The molecule has 1 saturated heterocycles. The molecule has 0 radical (unpaired) electrons. The van der Waals surface area contributed by atoms with Gasteiger partial charge in [-0.2, -0.15) is 15.4 Å². The summed E-state index contributed by atoms with van der Waals surface area (Å²) in [6.07, 6.45) is 3.31. The predicted octanol–water partition coefficient (Wildman–Crippen LogP) is 2.75. The molecule has 0 spiro atoms. The first-order chi connectivity index (χ1) is 11.7. The van der Waals surface area contributed by atoms with Crippen molar-refractivity contribution in [2.75, 3.05) is 13.1 Å². The Labute approximate surface area is 141 Å². The fraction of sp³-hybridized carbons (Fsp3) is 0.368. The van der Waals surface area contributed by atoms with Gasteiger partial charge in [-0.3, -0.25) is 4.90 Å². The highest BCUT2D eigenvalue weighted by Crippen LogP contribution is 2.32. The zero-order chi connectivity index (χ0) is 16.6. The molecule has 3 aromatic rings. The van der Waals surface area contributed by atoms with Crippen LogP contribution in [0.5, 0.6) is 0 Å². The summed E-state index contributed by atoms with van der Waals surface area (Å²) in [6.45, 7) is 4.58. The van der Waals surface area contributed by atoms with E-state index >= 15 is 0 Å². The first-order valence-electron chi connectivity index (χ1n) is 8.44. The van der Waals surface area contributed by atoms with Crippen molar-refractivity contribution < 1.29 is 5.11 Å². The molecule has 5 nitrogen and oxygen atoms in total. The number of piperidine rings is 1. The highest BCUT2D eigenvalue weighted by molar-refractivity contribution is 5.86. The molecule has 24 heavy (non-hydrogen) atoms. The third-order valence-corrected chi connectivity index (χ3v) is 5.10. The zero-order valence-corrected chi connectivity index (χ0v) is 13.9. The lowest BCUT2D eigenvalue weighted by Gasteiger charge is -2.38. The molecule has 2 heterocycles. The summed E-state index contributed by atoms with van der Waals surface area (Å²) < 4.78 is 0. The van der Waals surface area contributed by atoms with Crippen LogP contribution in [0.15, 0.2) is 42.6 Å². The van der Waals surface area contributed by atoms with Gasteiger partial charge in [0.15, 0.2) is 0 Å². The smallest absolute Gasteiger partial charge is 0.123 e. The van der Waals surface area contributed by atoms with Gasteiger partial charge in [0.2, 0.25) is 0 Å². The number of hydrogen-bond acceptors (Lipinski definition) is 4.